The fraction of sp³-hybridized carbons (Fsp3) is 0.464. The first kappa shape index (κ1) is 28.5. The summed E-state index contributed by atoms with van der Waals surface area (Å²) < 4.78 is 8.53. The third-order valence-electron chi connectivity index (χ3n) is 7.82. The number of rotatable bonds is 9. The molecule has 0 bridgehead atoms. The van der Waals surface area contributed by atoms with Crippen molar-refractivity contribution in [2.75, 3.05) is 23.3 Å². The molecule has 11 heteroatoms. The van der Waals surface area contributed by atoms with Gasteiger partial charge in [0, 0.05) is 48.3 Å². The molecule has 0 fully saturated rings. The van der Waals surface area contributed by atoms with Gasteiger partial charge in [0.15, 0.2) is 8.32 Å². The van der Waals surface area contributed by atoms with E-state index in [0.29, 0.717) is 30.4 Å². The highest BCUT2D eigenvalue weighted by Crippen LogP contribution is 2.46. The van der Waals surface area contributed by atoms with E-state index in [0.717, 1.165) is 28.7 Å². The lowest BCUT2D eigenvalue weighted by atomic mass is 9.83. The second-order valence-electron chi connectivity index (χ2n) is 12.2. The first-order valence-electron chi connectivity index (χ1n) is 13.2. The predicted molar refractivity (Wildman–Crippen MR) is 158 cm³/mol. The van der Waals surface area contributed by atoms with Crippen molar-refractivity contribution in [3.63, 3.8) is 0 Å². The van der Waals surface area contributed by atoms with Crippen molar-refractivity contribution < 1.29 is 9.22 Å². The maximum Gasteiger partial charge on any atom is 0.329 e. The number of anilines is 3. The maximum absolute atomic E-state index is 11.5. The first-order valence-corrected chi connectivity index (χ1v) is 16.1. The third-order valence-corrected chi connectivity index (χ3v) is 12.3. The largest absolute Gasteiger partial charge is 0.416 e. The number of nitriles is 1. The molecule has 0 amide bonds. The van der Waals surface area contributed by atoms with Crippen molar-refractivity contribution in [3.05, 3.63) is 47.9 Å². The quantitative estimate of drug-likeness (QED) is 0.281. The molecule has 0 aliphatic carbocycles. The van der Waals surface area contributed by atoms with Gasteiger partial charge in [0.05, 0.1) is 23.1 Å². The Balaban J connectivity index is 1.72. The molecule has 9 nitrogen and oxygen atoms in total. The van der Waals surface area contributed by atoms with E-state index in [1.165, 1.54) is 7.41 Å². The fourth-order valence-electron chi connectivity index (χ4n) is 4.45. The molecule has 1 aliphatic rings. The van der Waals surface area contributed by atoms with E-state index in [1.807, 2.05) is 27.8 Å². The molecule has 3 aromatic rings. The summed E-state index contributed by atoms with van der Waals surface area (Å²) in [5.41, 5.74) is 4.08. The number of hydrogen-bond donors (Lipinski definition) is 1. The number of nitrogens with one attached hydrogen (secondary N) is 1. The molecule has 2 aromatic heterocycles. The van der Waals surface area contributed by atoms with Crippen LogP contribution in [0.5, 0.6) is 0 Å². The van der Waals surface area contributed by atoms with Crippen LogP contribution in [-0.2, 0) is 14.6 Å². The van der Waals surface area contributed by atoms with E-state index in [1.54, 1.807) is 12.4 Å². The van der Waals surface area contributed by atoms with E-state index in [9.17, 15) is 10.1 Å². The molecule has 4 rings (SSSR count). The van der Waals surface area contributed by atoms with E-state index in [2.05, 4.69) is 82.2 Å². The molecule has 39 heavy (non-hydrogen) atoms. The average Bonchev–Trinajstić information content (AvgIpc) is 3.45. The maximum atomic E-state index is 11.5. The highest BCUT2D eigenvalue weighted by Gasteiger charge is 2.44. The summed E-state index contributed by atoms with van der Waals surface area (Å²) in [5.74, 6) is 0.440. The van der Waals surface area contributed by atoms with Crippen molar-refractivity contribution in [3.8, 4) is 17.3 Å². The summed E-state index contributed by atoms with van der Waals surface area (Å²) >= 11 is 0. The molecule has 0 saturated heterocycles. The summed E-state index contributed by atoms with van der Waals surface area (Å²) in [7, 11) is -0.529. The standard InChI is InChI=1S/C28H37BN7O2Si/c1-19(2)36-15-22(14-32-36)33-26-31-10-9-24(34-26)20-11-21(13-30)25-23(12-20)28(6,16-35(25)29-18-37)17-38-39(7,8)27(3,4)5/h9-12,14-15,18-19H,16-17H2,1-8H3,(H,31,33,34). The van der Waals surface area contributed by atoms with Crippen LogP contribution in [0, 0.1) is 11.3 Å². The Morgan fingerprint density at radius 1 is 1.33 bits per heavy atom. The fourth-order valence-corrected chi connectivity index (χ4v) is 5.56. The van der Waals surface area contributed by atoms with Crippen molar-refractivity contribution in [1.29, 1.82) is 5.26 Å². The Bertz CT molecular complexity index is 1410. The second kappa shape index (κ2) is 10.6. The number of hydrogen-bond acceptors (Lipinski definition) is 8. The smallest absolute Gasteiger partial charge is 0.329 e. The number of aromatic nitrogens is 4. The molecule has 1 radical (unpaired) electrons. The molecule has 0 saturated carbocycles. The van der Waals surface area contributed by atoms with E-state index in [4.69, 9.17) is 9.41 Å². The molecular formula is C28H37BN7O2Si. The topological polar surface area (TPSA) is 109 Å². The minimum Gasteiger partial charge on any atom is -0.416 e. The molecule has 203 valence electrons. The van der Waals surface area contributed by atoms with Crippen LogP contribution in [-0.4, -0.2) is 54.8 Å². The van der Waals surface area contributed by atoms with E-state index in [-0.39, 0.29) is 11.1 Å². The Labute approximate surface area is 233 Å². The Morgan fingerprint density at radius 3 is 2.69 bits per heavy atom. The first-order chi connectivity index (χ1) is 18.3. The van der Waals surface area contributed by atoms with Gasteiger partial charge in [-0.3, -0.25) is 4.68 Å². The minimum atomic E-state index is -2.03. The van der Waals surface area contributed by atoms with Gasteiger partial charge in [-0.05, 0) is 55.7 Å². The van der Waals surface area contributed by atoms with Gasteiger partial charge in [0.2, 0.25) is 5.95 Å². The van der Waals surface area contributed by atoms with Gasteiger partial charge in [0.25, 0.3) is 0 Å². The van der Waals surface area contributed by atoms with Gasteiger partial charge in [-0.15, -0.1) is 0 Å². The van der Waals surface area contributed by atoms with E-state index >= 15 is 0 Å². The van der Waals surface area contributed by atoms with Crippen LogP contribution in [0.2, 0.25) is 18.1 Å². The Kier molecular flexibility index (Phi) is 7.74. The lowest BCUT2D eigenvalue weighted by Gasteiger charge is -2.39. The van der Waals surface area contributed by atoms with Crippen LogP contribution < -0.4 is 10.1 Å². The van der Waals surface area contributed by atoms with Crippen LogP contribution in [0.25, 0.3) is 11.3 Å². The van der Waals surface area contributed by atoms with Crippen molar-refractivity contribution in [1.82, 2.24) is 19.7 Å². The van der Waals surface area contributed by atoms with Crippen molar-refractivity contribution >= 4 is 39.2 Å². The summed E-state index contributed by atoms with van der Waals surface area (Å²) in [6.45, 7) is 18.4. The highest BCUT2D eigenvalue weighted by atomic mass is 28.4. The van der Waals surface area contributed by atoms with E-state index < -0.39 is 13.7 Å². The van der Waals surface area contributed by atoms with Crippen molar-refractivity contribution in [2.24, 2.45) is 0 Å². The number of fused-ring (bicyclic) bond motifs is 1. The normalized spacial score (nSPS) is 17.2. The molecule has 1 N–H and O–H groups in total. The summed E-state index contributed by atoms with van der Waals surface area (Å²) in [6, 6.07) is 8.33. The predicted octanol–water partition coefficient (Wildman–Crippen LogP) is 5.45. The molecule has 0 spiro atoms. The molecule has 3 heterocycles. The molecule has 1 aliphatic heterocycles. The number of benzene rings is 1. The van der Waals surface area contributed by atoms with Gasteiger partial charge in [-0.25, -0.2) is 9.97 Å². The van der Waals surface area contributed by atoms with Gasteiger partial charge in [-0.1, -0.05) is 27.7 Å². The highest BCUT2D eigenvalue weighted by molar-refractivity contribution is 6.74. The van der Waals surface area contributed by atoms with Crippen molar-refractivity contribution in [2.45, 2.75) is 71.1 Å². The number of carbonyl (C=O) groups is 1. The summed E-state index contributed by atoms with van der Waals surface area (Å²) in [5, 5.41) is 17.8. The van der Waals surface area contributed by atoms with Crippen LogP contribution >= 0.6 is 0 Å². The van der Waals surface area contributed by atoms with Gasteiger partial charge in [-0.2, -0.15) is 10.4 Å². The van der Waals surface area contributed by atoms with Gasteiger partial charge >= 0.3 is 7.41 Å². The zero-order valence-electron chi connectivity index (χ0n) is 24.1. The third kappa shape index (κ3) is 5.77. The van der Waals surface area contributed by atoms with Crippen LogP contribution in [0.3, 0.4) is 0 Å². The lowest BCUT2D eigenvalue weighted by Crippen LogP contribution is -2.46. The zero-order valence-corrected chi connectivity index (χ0v) is 25.1. The SMILES string of the molecule is CC(C)n1cc(Nc2nccc(-c3cc(C#N)c4c(c3)C(C)(CO[Si](C)(C)C(C)(C)C)CN4[B]C=O)n2)cn1. The number of nitrogens with zero attached hydrogens (tertiary/aromatic N) is 6. The Hall–Kier alpha value is -3.49. The Morgan fingerprint density at radius 2 is 2.08 bits per heavy atom. The number of carbonyl (C=O) groups excluding carboxylic acids is 1. The second-order valence-corrected chi connectivity index (χ2v) is 17.1. The summed E-state index contributed by atoms with van der Waals surface area (Å²) in [4.78, 5) is 22.5. The molecule has 1 unspecified atom stereocenters. The molecular weight excluding hydrogens is 505 g/mol. The lowest BCUT2D eigenvalue weighted by molar-refractivity contribution is 0.219. The van der Waals surface area contributed by atoms with Crippen LogP contribution in [0.4, 0.5) is 17.3 Å². The molecule has 1 aromatic carbocycles. The zero-order chi connectivity index (χ0) is 28.6. The van der Waals surface area contributed by atoms with Gasteiger partial charge in [0.1, 0.15) is 12.3 Å². The average molecular weight is 543 g/mol. The van der Waals surface area contributed by atoms with Crippen LogP contribution in [0.1, 0.15) is 58.7 Å². The minimum absolute atomic E-state index is 0.0646. The monoisotopic (exact) mass is 542 g/mol. The summed E-state index contributed by atoms with van der Waals surface area (Å²) in [6.07, 6.45) is 6.12. The van der Waals surface area contributed by atoms with Gasteiger partial charge < -0.3 is 19.3 Å². The van der Waals surface area contributed by atoms with Crippen LogP contribution in [0.15, 0.2) is 36.8 Å². The molecule has 1 atom stereocenters.